The predicted molar refractivity (Wildman–Crippen MR) is 75.8 cm³/mol. The lowest BCUT2D eigenvalue weighted by molar-refractivity contribution is -0.385. The van der Waals surface area contributed by atoms with Crippen LogP contribution in [0.2, 0.25) is 5.02 Å². The Morgan fingerprint density at radius 3 is 2.75 bits per heavy atom. The van der Waals surface area contributed by atoms with Crippen LogP contribution in [0.1, 0.15) is 23.2 Å². The molecule has 2 N–H and O–H groups in total. The van der Waals surface area contributed by atoms with Gasteiger partial charge in [-0.3, -0.25) is 14.9 Å². The number of nitrogens with zero attached hydrogens (tertiary/aromatic N) is 2. The minimum absolute atomic E-state index is 0.0687. The van der Waals surface area contributed by atoms with Crippen LogP contribution >= 0.6 is 11.6 Å². The van der Waals surface area contributed by atoms with Crippen molar-refractivity contribution in [2.75, 3.05) is 13.6 Å². The Morgan fingerprint density at radius 1 is 1.60 bits per heavy atom. The minimum Gasteiger partial charge on any atom is -0.337 e. The Hall–Kier alpha value is -1.66. The summed E-state index contributed by atoms with van der Waals surface area (Å²) in [4.78, 5) is 24.4. The summed E-state index contributed by atoms with van der Waals surface area (Å²) in [5.41, 5.74) is 5.36. The van der Waals surface area contributed by atoms with Crippen molar-refractivity contribution in [3.63, 3.8) is 0 Å². The second-order valence-corrected chi connectivity index (χ2v) is 5.35. The van der Waals surface area contributed by atoms with Gasteiger partial charge in [-0.15, -0.1) is 0 Å². The van der Waals surface area contributed by atoms with Gasteiger partial charge in [0.05, 0.1) is 9.95 Å². The van der Waals surface area contributed by atoms with E-state index in [0.29, 0.717) is 12.5 Å². The molecule has 0 spiro atoms. The van der Waals surface area contributed by atoms with Crippen molar-refractivity contribution in [2.24, 2.45) is 11.7 Å². The van der Waals surface area contributed by atoms with Crippen LogP contribution in [-0.4, -0.2) is 35.4 Å². The summed E-state index contributed by atoms with van der Waals surface area (Å²) in [7, 11) is 1.62. The minimum atomic E-state index is -0.596. The fourth-order valence-corrected chi connectivity index (χ4v) is 2.60. The first-order valence-electron chi connectivity index (χ1n) is 6.37. The van der Waals surface area contributed by atoms with Gasteiger partial charge in [0.15, 0.2) is 0 Å². The number of amides is 1. The maximum atomic E-state index is 12.5. The van der Waals surface area contributed by atoms with Crippen molar-refractivity contribution in [1.29, 1.82) is 0 Å². The van der Waals surface area contributed by atoms with E-state index in [2.05, 4.69) is 0 Å². The summed E-state index contributed by atoms with van der Waals surface area (Å²) in [5, 5.41) is 11.1. The average molecular weight is 298 g/mol. The van der Waals surface area contributed by atoms with Crippen molar-refractivity contribution in [3.05, 3.63) is 38.9 Å². The summed E-state index contributed by atoms with van der Waals surface area (Å²) in [6.07, 6.45) is 2.06. The molecule has 0 aromatic heterocycles. The second kappa shape index (κ2) is 5.76. The molecule has 0 bridgehead atoms. The number of hydrogen-bond acceptors (Lipinski definition) is 4. The number of carbonyl (C=O) groups excluding carboxylic acids is 1. The normalized spacial score (nSPS) is 15.8. The van der Waals surface area contributed by atoms with Gasteiger partial charge in [-0.05, 0) is 24.8 Å². The van der Waals surface area contributed by atoms with Crippen LogP contribution in [0.15, 0.2) is 18.2 Å². The highest BCUT2D eigenvalue weighted by Crippen LogP contribution is 2.36. The van der Waals surface area contributed by atoms with Crippen LogP contribution < -0.4 is 5.73 Å². The van der Waals surface area contributed by atoms with Crippen molar-refractivity contribution in [2.45, 2.75) is 18.9 Å². The molecule has 0 aliphatic heterocycles. The van der Waals surface area contributed by atoms with Gasteiger partial charge in [-0.1, -0.05) is 17.7 Å². The quantitative estimate of drug-likeness (QED) is 0.665. The molecule has 0 saturated heterocycles. The first-order chi connectivity index (χ1) is 9.47. The van der Waals surface area contributed by atoms with E-state index in [0.717, 1.165) is 12.8 Å². The molecule has 0 radical (unpaired) electrons. The maximum absolute atomic E-state index is 12.5. The van der Waals surface area contributed by atoms with E-state index in [4.69, 9.17) is 17.3 Å². The largest absolute Gasteiger partial charge is 0.337 e. The van der Waals surface area contributed by atoms with Crippen LogP contribution in [-0.2, 0) is 0 Å². The molecule has 2 rings (SSSR count). The molecule has 0 heterocycles. The number of halogens is 1. The molecule has 1 aliphatic carbocycles. The summed E-state index contributed by atoms with van der Waals surface area (Å²) in [6, 6.07) is 4.11. The van der Waals surface area contributed by atoms with E-state index < -0.39 is 10.8 Å². The molecule has 6 nitrogen and oxygen atoms in total. The third-order valence-corrected chi connectivity index (χ3v) is 3.94. The van der Waals surface area contributed by atoms with Crippen LogP contribution in [0.25, 0.3) is 0 Å². The lowest BCUT2D eigenvalue weighted by atomic mass is 10.1. The summed E-state index contributed by atoms with van der Waals surface area (Å²) in [5.74, 6) is -0.0693. The molecule has 1 saturated carbocycles. The fourth-order valence-electron chi connectivity index (χ4n) is 2.35. The van der Waals surface area contributed by atoms with Gasteiger partial charge >= 0.3 is 0 Å². The van der Waals surface area contributed by atoms with Gasteiger partial charge < -0.3 is 10.6 Å². The highest BCUT2D eigenvalue weighted by atomic mass is 35.5. The number of carbonyl (C=O) groups is 1. The van der Waals surface area contributed by atoms with E-state index in [1.165, 1.54) is 23.1 Å². The van der Waals surface area contributed by atoms with Gasteiger partial charge in [0.2, 0.25) is 0 Å². The lowest BCUT2D eigenvalue weighted by Gasteiger charge is -2.27. The predicted octanol–water partition coefficient (Wildman–Crippen LogP) is 2.06. The van der Waals surface area contributed by atoms with E-state index in [1.807, 2.05) is 0 Å². The number of likely N-dealkylation sites (N-methyl/N-ethyl adjacent to an activating group) is 1. The van der Waals surface area contributed by atoms with Crippen LogP contribution in [0.4, 0.5) is 5.69 Å². The molecule has 1 fully saturated rings. The number of nitro benzene ring substituents is 1. The van der Waals surface area contributed by atoms with Gasteiger partial charge in [-0.2, -0.15) is 0 Å². The Bertz CT molecular complexity index is 546. The zero-order valence-electron chi connectivity index (χ0n) is 11.1. The van der Waals surface area contributed by atoms with Gasteiger partial charge in [-0.25, -0.2) is 0 Å². The number of nitrogens with two attached hydrogens (primary N) is 1. The molecular formula is C13H16ClN3O3. The number of hydrogen-bond donors (Lipinski definition) is 1. The number of rotatable bonds is 5. The Kier molecular flexibility index (Phi) is 4.25. The van der Waals surface area contributed by atoms with Crippen LogP contribution in [0.3, 0.4) is 0 Å². The van der Waals surface area contributed by atoms with Gasteiger partial charge in [0.25, 0.3) is 11.6 Å². The highest BCUT2D eigenvalue weighted by molar-refractivity contribution is 6.34. The zero-order valence-corrected chi connectivity index (χ0v) is 11.8. The molecule has 1 aromatic carbocycles. The monoisotopic (exact) mass is 297 g/mol. The molecule has 7 heteroatoms. The zero-order chi connectivity index (χ0) is 14.9. The lowest BCUT2D eigenvalue weighted by Crippen LogP contribution is -2.43. The van der Waals surface area contributed by atoms with Crippen molar-refractivity contribution >= 4 is 23.2 Å². The first-order valence-corrected chi connectivity index (χ1v) is 6.75. The molecule has 1 unspecified atom stereocenters. The van der Waals surface area contributed by atoms with Gasteiger partial charge in [0, 0.05) is 25.7 Å². The molecule has 1 atom stereocenters. The summed E-state index contributed by atoms with van der Waals surface area (Å²) in [6.45, 7) is 0.338. The fraction of sp³-hybridized carbons (Fsp3) is 0.462. The molecule has 1 aromatic rings. The highest BCUT2D eigenvalue weighted by Gasteiger charge is 2.37. The molecule has 20 heavy (non-hydrogen) atoms. The molecule has 108 valence electrons. The van der Waals surface area contributed by atoms with Gasteiger partial charge in [0.1, 0.15) is 5.56 Å². The van der Waals surface area contributed by atoms with E-state index in [1.54, 1.807) is 7.05 Å². The third kappa shape index (κ3) is 2.76. The average Bonchev–Trinajstić information content (AvgIpc) is 3.23. The van der Waals surface area contributed by atoms with E-state index in [9.17, 15) is 14.9 Å². The standard InChI is InChI=1S/C13H16ClN3O3/c1-16(11(7-15)8-5-6-8)13(18)12-9(14)3-2-4-10(12)17(19)20/h2-4,8,11H,5-7,15H2,1H3. The Morgan fingerprint density at radius 2 is 2.25 bits per heavy atom. The number of nitro groups is 1. The van der Waals surface area contributed by atoms with Crippen molar-refractivity contribution < 1.29 is 9.72 Å². The SMILES string of the molecule is CN(C(=O)c1c(Cl)cccc1[N+](=O)[O-])C(CN)C1CC1. The van der Waals surface area contributed by atoms with E-state index in [-0.39, 0.29) is 22.3 Å². The maximum Gasteiger partial charge on any atom is 0.283 e. The summed E-state index contributed by atoms with van der Waals surface area (Å²) < 4.78 is 0. The molecule has 1 amide bonds. The van der Waals surface area contributed by atoms with E-state index >= 15 is 0 Å². The van der Waals surface area contributed by atoms with Crippen molar-refractivity contribution in [1.82, 2.24) is 4.90 Å². The smallest absolute Gasteiger partial charge is 0.283 e. The summed E-state index contributed by atoms with van der Waals surface area (Å²) >= 11 is 5.97. The molecular weight excluding hydrogens is 282 g/mol. The van der Waals surface area contributed by atoms with Crippen LogP contribution in [0, 0.1) is 16.0 Å². The second-order valence-electron chi connectivity index (χ2n) is 4.95. The van der Waals surface area contributed by atoms with Crippen molar-refractivity contribution in [3.8, 4) is 0 Å². The number of benzene rings is 1. The topological polar surface area (TPSA) is 89.5 Å². The first kappa shape index (κ1) is 14.7. The Labute approximate surface area is 121 Å². The Balaban J connectivity index is 2.35. The van der Waals surface area contributed by atoms with Crippen LogP contribution in [0.5, 0.6) is 0 Å². The third-order valence-electron chi connectivity index (χ3n) is 3.63. The molecule has 1 aliphatic rings.